The molecule has 0 aromatic carbocycles. The minimum absolute atomic E-state index is 0. The van der Waals surface area contributed by atoms with E-state index in [-0.39, 0.29) is 11.8 Å². The molecule has 0 bridgehead atoms. The maximum absolute atomic E-state index is 12.1. The largest absolute Gasteiger partial charge is 0.419 e. The Labute approximate surface area is 73.6 Å². The van der Waals surface area contributed by atoms with Crippen LogP contribution in [0.4, 0.5) is 13.2 Å². The van der Waals surface area contributed by atoms with Crippen molar-refractivity contribution >= 4 is 0 Å². The van der Waals surface area contributed by atoms with Crippen LogP contribution in [0.1, 0.15) is 17.1 Å². The van der Waals surface area contributed by atoms with Crippen molar-refractivity contribution in [2.45, 2.75) is 20.0 Å². The van der Waals surface area contributed by atoms with Crippen molar-refractivity contribution in [3.8, 4) is 0 Å². The van der Waals surface area contributed by atoms with Crippen molar-refractivity contribution in [1.29, 1.82) is 0 Å². The molecule has 1 aromatic heterocycles. The third-order valence-electron chi connectivity index (χ3n) is 1.41. The average molecular weight is 193 g/mol. The first kappa shape index (κ1) is 11.8. The third kappa shape index (κ3) is 2.66. The van der Waals surface area contributed by atoms with E-state index < -0.39 is 11.7 Å². The molecule has 0 aliphatic heterocycles. The molecule has 1 heterocycles. The summed E-state index contributed by atoms with van der Waals surface area (Å²) < 4.78 is 36.3. The van der Waals surface area contributed by atoms with Gasteiger partial charge in [0.15, 0.2) is 0 Å². The van der Waals surface area contributed by atoms with Gasteiger partial charge in [0, 0.05) is 6.20 Å². The number of alkyl halides is 3. The standard InChI is InChI=1S/C7H7F3N2.H3N/c1-4-6(7(8,9)10)3-11-5(2)12-4;/h3H,1-2H3;1H3. The first-order valence-electron chi connectivity index (χ1n) is 3.28. The second kappa shape index (κ2) is 3.69. The highest BCUT2D eigenvalue weighted by atomic mass is 19.4. The summed E-state index contributed by atoms with van der Waals surface area (Å²) in [5, 5.41) is 0. The van der Waals surface area contributed by atoms with Crippen molar-refractivity contribution in [1.82, 2.24) is 16.1 Å². The molecule has 0 saturated heterocycles. The normalized spacial score (nSPS) is 10.8. The molecule has 0 spiro atoms. The number of nitrogens with zero attached hydrogens (tertiary/aromatic N) is 2. The van der Waals surface area contributed by atoms with Crippen LogP contribution < -0.4 is 6.15 Å². The molecular weight excluding hydrogens is 183 g/mol. The van der Waals surface area contributed by atoms with Crippen molar-refractivity contribution in [2.24, 2.45) is 0 Å². The average Bonchev–Trinajstić information content (AvgIpc) is 1.83. The van der Waals surface area contributed by atoms with Gasteiger partial charge < -0.3 is 6.15 Å². The molecule has 1 rings (SSSR count). The fraction of sp³-hybridized carbons (Fsp3) is 0.429. The summed E-state index contributed by atoms with van der Waals surface area (Å²) in [5.41, 5.74) is -0.803. The number of hydrogen-bond acceptors (Lipinski definition) is 3. The number of hydrogen-bond donors (Lipinski definition) is 1. The maximum atomic E-state index is 12.1. The van der Waals surface area contributed by atoms with Gasteiger partial charge in [0.1, 0.15) is 5.82 Å². The second-order valence-corrected chi connectivity index (χ2v) is 2.41. The Morgan fingerprint density at radius 3 is 2.15 bits per heavy atom. The molecule has 13 heavy (non-hydrogen) atoms. The molecule has 1 aromatic rings. The molecular formula is C7H10F3N3. The van der Waals surface area contributed by atoms with Crippen LogP contribution in [0.3, 0.4) is 0 Å². The zero-order valence-electron chi connectivity index (χ0n) is 7.31. The topological polar surface area (TPSA) is 60.8 Å². The monoisotopic (exact) mass is 193 g/mol. The van der Waals surface area contributed by atoms with E-state index in [2.05, 4.69) is 9.97 Å². The summed E-state index contributed by atoms with van der Waals surface area (Å²) in [6.45, 7) is 2.87. The molecule has 3 nitrogen and oxygen atoms in total. The van der Waals surface area contributed by atoms with E-state index in [0.717, 1.165) is 6.20 Å². The van der Waals surface area contributed by atoms with Crippen LogP contribution in [0.5, 0.6) is 0 Å². The zero-order chi connectivity index (χ0) is 9.35. The van der Waals surface area contributed by atoms with E-state index in [1.807, 2.05) is 0 Å². The number of aromatic nitrogens is 2. The van der Waals surface area contributed by atoms with Crippen LogP contribution in [-0.4, -0.2) is 9.97 Å². The lowest BCUT2D eigenvalue weighted by Crippen LogP contribution is -2.10. The van der Waals surface area contributed by atoms with Crippen molar-refractivity contribution in [3.05, 3.63) is 23.3 Å². The Morgan fingerprint density at radius 2 is 1.77 bits per heavy atom. The van der Waals surface area contributed by atoms with Crippen molar-refractivity contribution in [2.75, 3.05) is 0 Å². The summed E-state index contributed by atoms with van der Waals surface area (Å²) in [6.07, 6.45) is -3.55. The van der Waals surface area contributed by atoms with Gasteiger partial charge in [-0.15, -0.1) is 0 Å². The first-order chi connectivity index (χ1) is 5.41. The molecule has 0 fully saturated rings. The highest BCUT2D eigenvalue weighted by Crippen LogP contribution is 2.30. The van der Waals surface area contributed by atoms with E-state index in [1.165, 1.54) is 6.92 Å². The number of aryl methyl sites for hydroxylation is 2. The summed E-state index contributed by atoms with van der Waals surface area (Å²) in [5.74, 6) is 0.348. The molecule has 0 unspecified atom stereocenters. The van der Waals surface area contributed by atoms with Crippen molar-refractivity contribution in [3.63, 3.8) is 0 Å². The number of rotatable bonds is 0. The van der Waals surface area contributed by atoms with Gasteiger partial charge in [-0.2, -0.15) is 13.2 Å². The molecule has 3 N–H and O–H groups in total. The molecule has 0 saturated carbocycles. The van der Waals surface area contributed by atoms with Gasteiger partial charge in [-0.25, -0.2) is 9.97 Å². The van der Waals surface area contributed by atoms with Gasteiger partial charge in [-0.3, -0.25) is 0 Å². The Morgan fingerprint density at radius 1 is 1.23 bits per heavy atom. The minimum Gasteiger partial charge on any atom is -0.344 e. The van der Waals surface area contributed by atoms with Crippen LogP contribution >= 0.6 is 0 Å². The third-order valence-corrected chi connectivity index (χ3v) is 1.41. The summed E-state index contributed by atoms with van der Waals surface area (Å²) in [6, 6.07) is 0. The predicted octanol–water partition coefficient (Wildman–Crippen LogP) is 2.27. The van der Waals surface area contributed by atoms with E-state index in [9.17, 15) is 13.2 Å². The number of halogens is 3. The summed E-state index contributed by atoms with van der Waals surface area (Å²) in [4.78, 5) is 7.08. The van der Waals surface area contributed by atoms with Crippen molar-refractivity contribution < 1.29 is 13.2 Å². The SMILES string of the molecule is Cc1ncc(C(F)(F)F)c(C)n1.N. The van der Waals surface area contributed by atoms with Gasteiger partial charge in [-0.05, 0) is 13.8 Å². The van der Waals surface area contributed by atoms with Gasteiger partial charge >= 0.3 is 6.18 Å². The lowest BCUT2D eigenvalue weighted by atomic mass is 10.2. The minimum atomic E-state index is -4.35. The second-order valence-electron chi connectivity index (χ2n) is 2.41. The lowest BCUT2D eigenvalue weighted by molar-refractivity contribution is -0.138. The van der Waals surface area contributed by atoms with Crippen LogP contribution in [0.15, 0.2) is 6.20 Å². The predicted molar refractivity (Wildman–Crippen MR) is 41.5 cm³/mol. The summed E-state index contributed by atoms with van der Waals surface area (Å²) >= 11 is 0. The fourth-order valence-electron chi connectivity index (χ4n) is 0.861. The van der Waals surface area contributed by atoms with Gasteiger partial charge in [0.2, 0.25) is 0 Å². The zero-order valence-corrected chi connectivity index (χ0v) is 7.31. The highest BCUT2D eigenvalue weighted by Gasteiger charge is 2.33. The van der Waals surface area contributed by atoms with Crippen LogP contribution in [0.25, 0.3) is 0 Å². The quantitative estimate of drug-likeness (QED) is 0.687. The molecule has 0 amide bonds. The highest BCUT2D eigenvalue weighted by molar-refractivity contribution is 5.19. The lowest BCUT2D eigenvalue weighted by Gasteiger charge is -2.08. The van der Waals surface area contributed by atoms with Gasteiger partial charge in [0.05, 0.1) is 11.3 Å². The Kier molecular flexibility index (Phi) is 3.36. The van der Waals surface area contributed by atoms with Crippen LogP contribution in [-0.2, 0) is 6.18 Å². The van der Waals surface area contributed by atoms with Gasteiger partial charge in [0.25, 0.3) is 0 Å². The molecule has 6 heteroatoms. The molecule has 0 aliphatic carbocycles. The van der Waals surface area contributed by atoms with E-state index in [1.54, 1.807) is 6.92 Å². The first-order valence-corrected chi connectivity index (χ1v) is 3.28. The Balaban J connectivity index is 0.00000144. The Bertz CT molecular complexity index is 296. The maximum Gasteiger partial charge on any atom is 0.419 e. The molecule has 0 atom stereocenters. The fourth-order valence-corrected chi connectivity index (χ4v) is 0.861. The summed E-state index contributed by atoms with van der Waals surface area (Å²) in [7, 11) is 0. The van der Waals surface area contributed by atoms with Crippen LogP contribution in [0, 0.1) is 13.8 Å². The van der Waals surface area contributed by atoms with E-state index in [0.29, 0.717) is 5.82 Å². The molecule has 74 valence electrons. The Hall–Kier alpha value is -1.17. The van der Waals surface area contributed by atoms with E-state index >= 15 is 0 Å². The smallest absolute Gasteiger partial charge is 0.344 e. The van der Waals surface area contributed by atoms with Crippen LogP contribution in [0.2, 0.25) is 0 Å². The van der Waals surface area contributed by atoms with E-state index in [4.69, 9.17) is 0 Å². The molecule has 0 aliphatic rings. The van der Waals surface area contributed by atoms with Gasteiger partial charge in [-0.1, -0.05) is 0 Å². The molecule has 0 radical (unpaired) electrons.